The standard InChI is InChI=1S/C34H33BrN2O2S/c1-23-9-5-8-14-30(23)37-33(38)32(40-34(37)36-27-11-3-2-4-12-27)21-29-28-13-7-6-10-25(28)17-20-31(29)39-22-24-15-18-26(35)19-16-24/h2-4,6-7,10-13,15-21,23,30,34,36H,5,8-9,14,22H2,1H3/b32-21-/t23-,30-,34?/m1/s1. The number of carbonyl (C=O) groups is 1. The van der Waals surface area contributed by atoms with Crippen molar-refractivity contribution in [3.8, 4) is 5.75 Å². The summed E-state index contributed by atoms with van der Waals surface area (Å²) in [5, 5.41) is 5.85. The van der Waals surface area contributed by atoms with E-state index in [1.54, 1.807) is 11.8 Å². The van der Waals surface area contributed by atoms with Gasteiger partial charge in [-0.25, -0.2) is 0 Å². The molecule has 1 aliphatic heterocycles. The van der Waals surface area contributed by atoms with Crippen molar-refractivity contribution >= 4 is 56.1 Å². The predicted molar refractivity (Wildman–Crippen MR) is 170 cm³/mol. The van der Waals surface area contributed by atoms with Crippen LogP contribution in [0.1, 0.15) is 43.7 Å². The SMILES string of the molecule is C[C@@H]1CCCC[C@H]1N1C(=O)/C(=C/c2c(OCc3ccc(Br)cc3)ccc3ccccc23)SC1Nc1ccccc1. The smallest absolute Gasteiger partial charge is 0.262 e. The zero-order valence-corrected chi connectivity index (χ0v) is 25.0. The predicted octanol–water partition coefficient (Wildman–Crippen LogP) is 9.07. The summed E-state index contributed by atoms with van der Waals surface area (Å²) in [5.74, 6) is 1.35. The van der Waals surface area contributed by atoms with E-state index in [9.17, 15) is 4.79 Å². The summed E-state index contributed by atoms with van der Waals surface area (Å²) in [6.45, 7) is 2.74. The second-order valence-electron chi connectivity index (χ2n) is 10.6. The molecular formula is C34H33BrN2O2S. The highest BCUT2D eigenvalue weighted by Crippen LogP contribution is 2.43. The molecule has 204 valence electrons. The number of amides is 1. The molecule has 1 amide bonds. The van der Waals surface area contributed by atoms with Gasteiger partial charge in [-0.15, -0.1) is 0 Å². The number of ether oxygens (including phenoxy) is 1. The lowest BCUT2D eigenvalue weighted by Gasteiger charge is -2.39. The number of hydrogen-bond acceptors (Lipinski definition) is 4. The molecule has 0 aromatic heterocycles. The molecule has 6 heteroatoms. The van der Waals surface area contributed by atoms with Crippen molar-refractivity contribution in [1.82, 2.24) is 4.90 Å². The van der Waals surface area contributed by atoms with Gasteiger partial charge in [-0.2, -0.15) is 0 Å². The molecule has 4 aromatic carbocycles. The van der Waals surface area contributed by atoms with Crippen LogP contribution in [0.25, 0.3) is 16.8 Å². The fourth-order valence-electron chi connectivity index (χ4n) is 5.79. The molecule has 0 bridgehead atoms. The summed E-state index contributed by atoms with van der Waals surface area (Å²) in [6, 6.07) is 31.0. The van der Waals surface area contributed by atoms with Crippen molar-refractivity contribution in [3.63, 3.8) is 0 Å². The molecule has 2 fully saturated rings. The molecule has 1 N–H and O–H groups in total. The number of thioether (sulfide) groups is 1. The lowest BCUT2D eigenvalue weighted by molar-refractivity contribution is -0.129. The Labute approximate surface area is 248 Å². The quantitative estimate of drug-likeness (QED) is 0.211. The minimum absolute atomic E-state index is 0.101. The third-order valence-corrected chi connectivity index (χ3v) is 9.58. The van der Waals surface area contributed by atoms with Gasteiger partial charge in [0.1, 0.15) is 12.4 Å². The Morgan fingerprint density at radius 3 is 2.50 bits per heavy atom. The minimum atomic E-state index is -0.159. The normalized spacial score (nSPS) is 22.1. The maximum absolute atomic E-state index is 14.2. The molecule has 3 atom stereocenters. The molecule has 2 aliphatic rings. The number of rotatable bonds is 7. The largest absolute Gasteiger partial charge is 0.488 e. The Morgan fingerprint density at radius 2 is 1.70 bits per heavy atom. The molecule has 0 spiro atoms. The van der Waals surface area contributed by atoms with Crippen LogP contribution in [0, 0.1) is 5.92 Å². The first kappa shape index (κ1) is 27.0. The molecule has 1 aliphatic carbocycles. The summed E-state index contributed by atoms with van der Waals surface area (Å²) in [4.78, 5) is 17.0. The van der Waals surface area contributed by atoms with Gasteiger partial charge >= 0.3 is 0 Å². The van der Waals surface area contributed by atoms with Gasteiger partial charge in [0, 0.05) is 21.8 Å². The highest BCUT2D eigenvalue weighted by atomic mass is 79.9. The summed E-state index contributed by atoms with van der Waals surface area (Å²) in [5.41, 5.74) is 2.90. The van der Waals surface area contributed by atoms with Gasteiger partial charge in [0.2, 0.25) is 0 Å². The van der Waals surface area contributed by atoms with E-state index in [4.69, 9.17) is 4.74 Å². The van der Waals surface area contributed by atoms with Gasteiger partial charge in [-0.3, -0.25) is 4.79 Å². The van der Waals surface area contributed by atoms with E-state index in [2.05, 4.69) is 81.6 Å². The van der Waals surface area contributed by atoms with Crippen molar-refractivity contribution in [1.29, 1.82) is 0 Å². The highest BCUT2D eigenvalue weighted by Gasteiger charge is 2.43. The number of nitrogens with one attached hydrogen (secondary N) is 1. The van der Waals surface area contributed by atoms with Crippen LogP contribution in [0.4, 0.5) is 5.69 Å². The van der Waals surface area contributed by atoms with Gasteiger partial charge in [-0.05, 0) is 71.5 Å². The lowest BCUT2D eigenvalue weighted by Crippen LogP contribution is -2.48. The first-order valence-corrected chi connectivity index (χ1v) is 15.7. The van der Waals surface area contributed by atoms with Crippen LogP contribution in [0.2, 0.25) is 0 Å². The second-order valence-corrected chi connectivity index (χ2v) is 12.7. The molecule has 1 unspecified atom stereocenters. The molecule has 0 radical (unpaired) electrons. The number of carbonyl (C=O) groups excluding carboxylic acids is 1. The van der Waals surface area contributed by atoms with Gasteiger partial charge in [0.05, 0.1) is 4.91 Å². The van der Waals surface area contributed by atoms with Gasteiger partial charge in [0.25, 0.3) is 5.91 Å². The molecule has 1 saturated carbocycles. The zero-order valence-electron chi connectivity index (χ0n) is 22.6. The molecule has 4 aromatic rings. The van der Waals surface area contributed by atoms with E-state index in [0.717, 1.165) is 62.0 Å². The van der Waals surface area contributed by atoms with Gasteiger partial charge < -0.3 is 15.0 Å². The Morgan fingerprint density at radius 1 is 0.950 bits per heavy atom. The van der Waals surface area contributed by atoms with Crippen LogP contribution >= 0.6 is 27.7 Å². The van der Waals surface area contributed by atoms with E-state index >= 15 is 0 Å². The summed E-state index contributed by atoms with van der Waals surface area (Å²) >= 11 is 5.12. The maximum atomic E-state index is 14.2. The van der Waals surface area contributed by atoms with Crippen LogP contribution in [0.5, 0.6) is 5.75 Å². The molecule has 40 heavy (non-hydrogen) atoms. The highest BCUT2D eigenvalue weighted by molar-refractivity contribution is 9.10. The van der Waals surface area contributed by atoms with E-state index in [-0.39, 0.29) is 17.4 Å². The second kappa shape index (κ2) is 12.1. The molecule has 6 rings (SSSR count). The van der Waals surface area contributed by atoms with Crippen molar-refractivity contribution in [2.75, 3.05) is 5.32 Å². The van der Waals surface area contributed by atoms with Crippen molar-refractivity contribution in [2.45, 2.75) is 50.8 Å². The number of nitrogens with zero attached hydrogens (tertiary/aromatic N) is 1. The Bertz CT molecular complexity index is 1520. The first-order chi connectivity index (χ1) is 19.6. The Hall–Kier alpha value is -3.22. The van der Waals surface area contributed by atoms with Crippen LogP contribution in [0.3, 0.4) is 0 Å². The maximum Gasteiger partial charge on any atom is 0.262 e. The van der Waals surface area contributed by atoms with Crippen LogP contribution < -0.4 is 10.1 Å². The number of halogens is 1. The van der Waals surface area contributed by atoms with E-state index in [0.29, 0.717) is 12.5 Å². The van der Waals surface area contributed by atoms with Crippen molar-refractivity contribution in [2.24, 2.45) is 5.92 Å². The zero-order chi connectivity index (χ0) is 27.5. The van der Waals surface area contributed by atoms with Gasteiger partial charge in [-0.1, -0.05) is 108 Å². The molecule has 1 heterocycles. The average Bonchev–Trinajstić information content (AvgIpc) is 3.28. The minimum Gasteiger partial charge on any atom is -0.488 e. The average molecular weight is 614 g/mol. The summed E-state index contributed by atoms with van der Waals surface area (Å²) in [7, 11) is 0. The number of benzene rings is 4. The topological polar surface area (TPSA) is 41.6 Å². The fourth-order valence-corrected chi connectivity index (χ4v) is 7.25. The van der Waals surface area contributed by atoms with Crippen molar-refractivity contribution < 1.29 is 9.53 Å². The number of para-hydroxylation sites is 1. The first-order valence-electron chi connectivity index (χ1n) is 14.0. The Balaban J connectivity index is 1.37. The number of fused-ring (bicyclic) bond motifs is 1. The molecular weight excluding hydrogens is 580 g/mol. The van der Waals surface area contributed by atoms with E-state index in [1.165, 1.54) is 6.42 Å². The van der Waals surface area contributed by atoms with E-state index < -0.39 is 0 Å². The summed E-state index contributed by atoms with van der Waals surface area (Å²) in [6.07, 6.45) is 6.66. The van der Waals surface area contributed by atoms with Crippen molar-refractivity contribution in [3.05, 3.63) is 112 Å². The number of hydrogen-bond donors (Lipinski definition) is 1. The number of anilines is 1. The van der Waals surface area contributed by atoms with Crippen LogP contribution in [0.15, 0.2) is 100 Å². The molecule has 4 nitrogen and oxygen atoms in total. The monoisotopic (exact) mass is 612 g/mol. The fraction of sp³-hybridized carbons (Fsp3) is 0.265. The van der Waals surface area contributed by atoms with Gasteiger partial charge in [0.15, 0.2) is 5.50 Å². The summed E-state index contributed by atoms with van der Waals surface area (Å²) < 4.78 is 7.43. The van der Waals surface area contributed by atoms with Crippen LogP contribution in [-0.2, 0) is 11.4 Å². The van der Waals surface area contributed by atoms with E-state index in [1.807, 2.05) is 48.5 Å². The van der Waals surface area contributed by atoms with Crippen LogP contribution in [-0.4, -0.2) is 22.3 Å². The lowest BCUT2D eigenvalue weighted by atomic mass is 9.85. The Kier molecular flexibility index (Phi) is 8.17. The third-order valence-electron chi connectivity index (χ3n) is 7.94. The third kappa shape index (κ3) is 5.79. The molecule has 1 saturated heterocycles.